The van der Waals surface area contributed by atoms with E-state index in [1.54, 1.807) is 22.8 Å². The van der Waals surface area contributed by atoms with Gasteiger partial charge in [0.25, 0.3) is 0 Å². The second-order valence-corrected chi connectivity index (χ2v) is 5.48. The first-order chi connectivity index (χ1) is 8.39. The van der Waals surface area contributed by atoms with E-state index in [2.05, 4.69) is 35.6 Å². The molecule has 0 aliphatic carbocycles. The van der Waals surface area contributed by atoms with Crippen molar-refractivity contribution in [3.63, 3.8) is 0 Å². The summed E-state index contributed by atoms with van der Waals surface area (Å²) in [6.45, 7) is 6.41. The Balaban J connectivity index is 2.37. The summed E-state index contributed by atoms with van der Waals surface area (Å²) in [6, 6.07) is 3.36. The zero-order chi connectivity index (χ0) is 13.3. The van der Waals surface area contributed by atoms with Crippen LogP contribution in [0, 0.1) is 5.41 Å². The molecule has 18 heavy (non-hydrogen) atoms. The van der Waals surface area contributed by atoms with Gasteiger partial charge < -0.3 is 4.74 Å². The number of aromatic nitrogens is 3. The highest BCUT2D eigenvalue weighted by atomic mass is 16.5. The van der Waals surface area contributed by atoms with Crippen LogP contribution in [0.15, 0.2) is 18.3 Å². The number of esters is 1. The second-order valence-electron chi connectivity index (χ2n) is 5.48. The lowest BCUT2D eigenvalue weighted by Gasteiger charge is -2.14. The molecule has 0 aromatic carbocycles. The van der Waals surface area contributed by atoms with Gasteiger partial charge in [0, 0.05) is 12.6 Å². The van der Waals surface area contributed by atoms with E-state index in [1.165, 1.54) is 7.11 Å². The monoisotopic (exact) mass is 247 g/mol. The van der Waals surface area contributed by atoms with Crippen LogP contribution < -0.4 is 0 Å². The summed E-state index contributed by atoms with van der Waals surface area (Å²) in [6.07, 6.45) is 2.52. The number of nitrogens with zero attached hydrogens (tertiary/aromatic N) is 3. The van der Waals surface area contributed by atoms with Crippen molar-refractivity contribution in [2.24, 2.45) is 5.41 Å². The molecule has 5 heteroatoms. The molecule has 0 saturated carbocycles. The summed E-state index contributed by atoms with van der Waals surface area (Å²) in [7, 11) is 1.36. The first kappa shape index (κ1) is 12.5. The fourth-order valence-corrected chi connectivity index (χ4v) is 1.72. The molecule has 96 valence electrons. The third-order valence-electron chi connectivity index (χ3n) is 2.49. The number of hydrogen-bond acceptors (Lipinski definition) is 4. The zero-order valence-electron chi connectivity index (χ0n) is 11.1. The van der Waals surface area contributed by atoms with Gasteiger partial charge in [-0.25, -0.2) is 14.3 Å². The van der Waals surface area contributed by atoms with Crippen LogP contribution in [0.1, 0.15) is 37.0 Å². The van der Waals surface area contributed by atoms with E-state index in [0.717, 1.165) is 12.2 Å². The highest BCUT2D eigenvalue weighted by Crippen LogP contribution is 2.19. The minimum absolute atomic E-state index is 0.135. The fraction of sp³-hybridized carbons (Fsp3) is 0.462. The lowest BCUT2D eigenvalue weighted by Crippen LogP contribution is -2.10. The van der Waals surface area contributed by atoms with Gasteiger partial charge in [-0.05, 0) is 17.5 Å². The number of ether oxygens (including phenoxy) is 1. The molecular weight excluding hydrogens is 230 g/mol. The largest absolute Gasteiger partial charge is 0.465 e. The van der Waals surface area contributed by atoms with Crippen LogP contribution in [0.25, 0.3) is 5.65 Å². The molecule has 0 unspecified atom stereocenters. The van der Waals surface area contributed by atoms with Crippen molar-refractivity contribution in [3.8, 4) is 0 Å². The molecule has 0 aliphatic rings. The van der Waals surface area contributed by atoms with Gasteiger partial charge in [0.2, 0.25) is 0 Å². The van der Waals surface area contributed by atoms with Crippen LogP contribution in [-0.4, -0.2) is 27.7 Å². The Bertz CT molecular complexity index is 581. The maximum atomic E-state index is 11.4. The summed E-state index contributed by atoms with van der Waals surface area (Å²) < 4.78 is 6.35. The molecular formula is C13H17N3O2. The number of methoxy groups -OCH3 is 1. The summed E-state index contributed by atoms with van der Waals surface area (Å²) in [5.41, 5.74) is 1.28. The van der Waals surface area contributed by atoms with Crippen molar-refractivity contribution >= 4 is 11.6 Å². The predicted molar refractivity (Wildman–Crippen MR) is 67.5 cm³/mol. The molecule has 5 nitrogen and oxygen atoms in total. The number of pyridine rings is 1. The van der Waals surface area contributed by atoms with Gasteiger partial charge in [0.05, 0.1) is 12.7 Å². The highest BCUT2D eigenvalue weighted by molar-refractivity contribution is 5.90. The number of rotatable bonds is 2. The lowest BCUT2D eigenvalue weighted by atomic mass is 9.92. The lowest BCUT2D eigenvalue weighted by molar-refractivity contribution is 0.0600. The van der Waals surface area contributed by atoms with Gasteiger partial charge in [-0.15, -0.1) is 0 Å². The topological polar surface area (TPSA) is 56.5 Å². The molecule has 2 aromatic rings. The van der Waals surface area contributed by atoms with E-state index in [0.29, 0.717) is 11.2 Å². The molecule has 0 saturated heterocycles. The van der Waals surface area contributed by atoms with Crippen LogP contribution in [-0.2, 0) is 11.2 Å². The predicted octanol–water partition coefficient (Wildman–Crippen LogP) is 2.10. The fourth-order valence-electron chi connectivity index (χ4n) is 1.72. The Hall–Kier alpha value is -1.91. The van der Waals surface area contributed by atoms with E-state index in [-0.39, 0.29) is 11.4 Å². The third kappa shape index (κ3) is 2.67. The van der Waals surface area contributed by atoms with Crippen LogP contribution in [0.5, 0.6) is 0 Å². The molecule has 0 bridgehead atoms. The molecule has 2 aromatic heterocycles. The molecule has 0 radical (unpaired) electrons. The smallest absolute Gasteiger partial charge is 0.338 e. The van der Waals surface area contributed by atoms with E-state index in [1.807, 2.05) is 0 Å². The Morgan fingerprint density at radius 1 is 1.44 bits per heavy atom. The van der Waals surface area contributed by atoms with Gasteiger partial charge in [0.1, 0.15) is 0 Å². The van der Waals surface area contributed by atoms with Crippen LogP contribution >= 0.6 is 0 Å². The van der Waals surface area contributed by atoms with Crippen molar-refractivity contribution in [2.75, 3.05) is 7.11 Å². The Morgan fingerprint density at radius 3 is 2.78 bits per heavy atom. The first-order valence-corrected chi connectivity index (χ1v) is 5.83. The Kier molecular flexibility index (Phi) is 3.07. The van der Waals surface area contributed by atoms with Crippen molar-refractivity contribution in [1.82, 2.24) is 14.6 Å². The van der Waals surface area contributed by atoms with Gasteiger partial charge in [-0.2, -0.15) is 5.10 Å². The summed E-state index contributed by atoms with van der Waals surface area (Å²) in [5, 5.41) is 4.38. The van der Waals surface area contributed by atoms with E-state index >= 15 is 0 Å². The number of carbonyl (C=O) groups is 1. The van der Waals surface area contributed by atoms with Gasteiger partial charge >= 0.3 is 5.97 Å². The average Bonchev–Trinajstić information content (AvgIpc) is 2.66. The van der Waals surface area contributed by atoms with E-state index in [4.69, 9.17) is 0 Å². The zero-order valence-corrected chi connectivity index (χ0v) is 11.1. The minimum Gasteiger partial charge on any atom is -0.465 e. The maximum Gasteiger partial charge on any atom is 0.338 e. The van der Waals surface area contributed by atoms with Crippen LogP contribution in [0.4, 0.5) is 0 Å². The van der Waals surface area contributed by atoms with Gasteiger partial charge in [-0.3, -0.25) is 0 Å². The SMILES string of the molecule is COC(=O)c1ccn2nc(CC(C)(C)C)nc2c1. The highest BCUT2D eigenvalue weighted by Gasteiger charge is 2.16. The summed E-state index contributed by atoms with van der Waals surface area (Å²) >= 11 is 0. The first-order valence-electron chi connectivity index (χ1n) is 5.83. The number of fused-ring (bicyclic) bond motifs is 1. The number of hydrogen-bond donors (Lipinski definition) is 0. The molecule has 0 atom stereocenters. The Morgan fingerprint density at radius 2 is 2.17 bits per heavy atom. The summed E-state index contributed by atoms with van der Waals surface area (Å²) in [4.78, 5) is 15.8. The normalized spacial score (nSPS) is 11.8. The van der Waals surface area contributed by atoms with Crippen LogP contribution in [0.2, 0.25) is 0 Å². The Labute approximate surface area is 106 Å². The molecule has 0 N–H and O–H groups in total. The van der Waals surface area contributed by atoms with Gasteiger partial charge in [-0.1, -0.05) is 20.8 Å². The van der Waals surface area contributed by atoms with Crippen molar-refractivity contribution < 1.29 is 9.53 Å². The average molecular weight is 247 g/mol. The molecule has 0 aliphatic heterocycles. The van der Waals surface area contributed by atoms with Crippen molar-refractivity contribution in [3.05, 3.63) is 29.7 Å². The van der Waals surface area contributed by atoms with Crippen molar-refractivity contribution in [2.45, 2.75) is 27.2 Å². The quantitative estimate of drug-likeness (QED) is 0.763. The van der Waals surface area contributed by atoms with E-state index in [9.17, 15) is 4.79 Å². The number of carbonyl (C=O) groups excluding carboxylic acids is 1. The van der Waals surface area contributed by atoms with E-state index < -0.39 is 0 Å². The maximum absolute atomic E-state index is 11.4. The third-order valence-corrected chi connectivity index (χ3v) is 2.49. The standard InChI is InChI=1S/C13H17N3O2/c1-13(2,3)8-10-14-11-7-9(12(17)18-4)5-6-16(11)15-10/h5-7H,8H2,1-4H3. The molecule has 0 spiro atoms. The molecule has 0 amide bonds. The molecule has 2 heterocycles. The van der Waals surface area contributed by atoms with Gasteiger partial charge in [0.15, 0.2) is 11.5 Å². The van der Waals surface area contributed by atoms with Crippen LogP contribution in [0.3, 0.4) is 0 Å². The van der Waals surface area contributed by atoms with Crippen molar-refractivity contribution in [1.29, 1.82) is 0 Å². The summed E-state index contributed by atoms with van der Waals surface area (Å²) in [5.74, 6) is 0.419. The second kappa shape index (κ2) is 4.40. The minimum atomic E-state index is -0.363. The molecule has 2 rings (SSSR count). The molecule has 0 fully saturated rings.